The van der Waals surface area contributed by atoms with Crippen LogP contribution in [0.25, 0.3) is 0 Å². The highest BCUT2D eigenvalue weighted by atomic mass is 16.5. The highest BCUT2D eigenvalue weighted by molar-refractivity contribution is 5.73. The molecule has 0 spiro atoms. The number of esters is 1. The van der Waals surface area contributed by atoms with Crippen LogP contribution in [-0.4, -0.2) is 25.7 Å². The van der Waals surface area contributed by atoms with E-state index >= 15 is 0 Å². The lowest BCUT2D eigenvalue weighted by Crippen LogP contribution is -2.37. The summed E-state index contributed by atoms with van der Waals surface area (Å²) in [6.45, 7) is 5.84. The molecule has 0 bridgehead atoms. The molecule has 0 unspecified atom stereocenters. The molecule has 1 fully saturated rings. The van der Waals surface area contributed by atoms with Crippen LogP contribution in [0.1, 0.15) is 30.9 Å². The number of hydrogen-bond donors (Lipinski definition) is 0. The molecule has 2 rings (SSSR count). The average Bonchev–Trinajstić information content (AvgIpc) is 2.47. The summed E-state index contributed by atoms with van der Waals surface area (Å²) in [5.41, 5.74) is 2.77. The predicted octanol–water partition coefficient (Wildman–Crippen LogP) is 2.65. The summed E-state index contributed by atoms with van der Waals surface area (Å²) >= 11 is 0. The number of benzene rings is 1. The van der Waals surface area contributed by atoms with Crippen LogP contribution in [0.5, 0.6) is 0 Å². The van der Waals surface area contributed by atoms with Crippen molar-refractivity contribution in [2.45, 2.75) is 26.7 Å². The van der Waals surface area contributed by atoms with E-state index in [-0.39, 0.29) is 11.9 Å². The van der Waals surface area contributed by atoms with Crippen molar-refractivity contribution < 1.29 is 9.53 Å². The fourth-order valence-electron chi connectivity index (χ4n) is 2.63. The lowest BCUT2D eigenvalue weighted by atomic mass is 9.96. The molecule has 1 aromatic carbocycles. The second-order valence-electron chi connectivity index (χ2n) is 5.15. The van der Waals surface area contributed by atoms with Gasteiger partial charge in [0.15, 0.2) is 0 Å². The van der Waals surface area contributed by atoms with Crippen molar-refractivity contribution in [3.05, 3.63) is 29.3 Å². The van der Waals surface area contributed by atoms with Crippen molar-refractivity contribution in [1.29, 1.82) is 5.26 Å². The van der Waals surface area contributed by atoms with Crippen LogP contribution in [0.15, 0.2) is 18.2 Å². The normalized spacial score (nSPS) is 15.8. The van der Waals surface area contributed by atoms with Crippen LogP contribution in [0, 0.1) is 24.2 Å². The minimum absolute atomic E-state index is 0.00202. The Morgan fingerprint density at radius 2 is 2.15 bits per heavy atom. The van der Waals surface area contributed by atoms with Gasteiger partial charge in [-0.2, -0.15) is 5.26 Å². The third kappa shape index (κ3) is 3.11. The van der Waals surface area contributed by atoms with E-state index in [0.717, 1.165) is 37.2 Å². The zero-order valence-electron chi connectivity index (χ0n) is 12.1. The number of carbonyl (C=O) groups is 1. The Balaban J connectivity index is 2.04. The summed E-state index contributed by atoms with van der Waals surface area (Å²) in [6.07, 6.45) is 1.58. The number of piperidine rings is 1. The van der Waals surface area contributed by atoms with Crippen LogP contribution in [0.4, 0.5) is 5.69 Å². The van der Waals surface area contributed by atoms with Gasteiger partial charge in [0.05, 0.1) is 23.8 Å². The number of hydrogen-bond acceptors (Lipinski definition) is 4. The van der Waals surface area contributed by atoms with Gasteiger partial charge in [-0.05, 0) is 44.4 Å². The number of ether oxygens (including phenoxy) is 1. The van der Waals surface area contributed by atoms with Crippen LogP contribution in [-0.2, 0) is 9.53 Å². The lowest BCUT2D eigenvalue weighted by molar-refractivity contribution is -0.148. The molecule has 0 atom stereocenters. The zero-order valence-corrected chi connectivity index (χ0v) is 12.1. The van der Waals surface area contributed by atoms with Crippen LogP contribution in [0.2, 0.25) is 0 Å². The molecule has 4 nitrogen and oxygen atoms in total. The van der Waals surface area contributed by atoms with Crippen molar-refractivity contribution in [3.8, 4) is 6.07 Å². The van der Waals surface area contributed by atoms with Crippen LogP contribution in [0.3, 0.4) is 0 Å². The lowest BCUT2D eigenvalue weighted by Gasteiger charge is -2.33. The van der Waals surface area contributed by atoms with E-state index in [1.54, 1.807) is 0 Å². The maximum atomic E-state index is 11.7. The largest absolute Gasteiger partial charge is 0.466 e. The molecule has 1 heterocycles. The second kappa shape index (κ2) is 6.42. The van der Waals surface area contributed by atoms with E-state index in [0.29, 0.717) is 12.2 Å². The molecule has 1 aromatic rings. The van der Waals surface area contributed by atoms with E-state index in [4.69, 9.17) is 4.74 Å². The molecule has 1 aliphatic rings. The first-order chi connectivity index (χ1) is 9.65. The van der Waals surface area contributed by atoms with Crippen molar-refractivity contribution >= 4 is 11.7 Å². The first kappa shape index (κ1) is 14.4. The highest BCUT2D eigenvalue weighted by Crippen LogP contribution is 2.27. The fourth-order valence-corrected chi connectivity index (χ4v) is 2.63. The van der Waals surface area contributed by atoms with Gasteiger partial charge in [-0.1, -0.05) is 6.07 Å². The molecular weight excluding hydrogens is 252 g/mol. The summed E-state index contributed by atoms with van der Waals surface area (Å²) < 4.78 is 5.07. The Morgan fingerprint density at radius 3 is 2.75 bits per heavy atom. The summed E-state index contributed by atoms with van der Waals surface area (Å²) in [6, 6.07) is 8.18. The third-order valence-electron chi connectivity index (χ3n) is 3.73. The average molecular weight is 272 g/mol. The van der Waals surface area contributed by atoms with Crippen LogP contribution >= 0.6 is 0 Å². The van der Waals surface area contributed by atoms with E-state index in [1.165, 1.54) is 0 Å². The van der Waals surface area contributed by atoms with E-state index < -0.39 is 0 Å². The van der Waals surface area contributed by atoms with Gasteiger partial charge < -0.3 is 9.64 Å². The first-order valence-electron chi connectivity index (χ1n) is 7.08. The first-order valence-corrected chi connectivity index (χ1v) is 7.08. The number of carbonyl (C=O) groups excluding carboxylic acids is 1. The topological polar surface area (TPSA) is 53.3 Å². The monoisotopic (exact) mass is 272 g/mol. The third-order valence-corrected chi connectivity index (χ3v) is 3.73. The summed E-state index contributed by atoms with van der Waals surface area (Å²) in [5.74, 6) is -0.0845. The van der Waals surface area contributed by atoms with Gasteiger partial charge in [-0.25, -0.2) is 0 Å². The predicted molar refractivity (Wildman–Crippen MR) is 77.5 cm³/mol. The molecule has 0 radical (unpaired) electrons. The summed E-state index contributed by atoms with van der Waals surface area (Å²) in [5, 5.41) is 9.23. The van der Waals surface area contributed by atoms with Gasteiger partial charge in [0.25, 0.3) is 0 Å². The van der Waals surface area contributed by atoms with Crippen molar-refractivity contribution in [2.24, 2.45) is 5.92 Å². The molecule has 0 amide bonds. The quantitative estimate of drug-likeness (QED) is 0.794. The second-order valence-corrected chi connectivity index (χ2v) is 5.15. The number of nitrogens with zero attached hydrogens (tertiary/aromatic N) is 2. The maximum absolute atomic E-state index is 11.7. The minimum Gasteiger partial charge on any atom is -0.466 e. The Hall–Kier alpha value is -2.02. The Kier molecular flexibility index (Phi) is 4.62. The molecule has 0 aliphatic carbocycles. The molecule has 0 saturated carbocycles. The molecule has 1 aliphatic heterocycles. The van der Waals surface area contributed by atoms with E-state index in [1.807, 2.05) is 32.0 Å². The molecule has 106 valence electrons. The molecule has 4 heteroatoms. The number of nitriles is 1. The Bertz CT molecular complexity index is 526. The Morgan fingerprint density at radius 1 is 1.45 bits per heavy atom. The van der Waals surface area contributed by atoms with E-state index in [2.05, 4.69) is 11.0 Å². The van der Waals surface area contributed by atoms with Gasteiger partial charge in [-0.3, -0.25) is 4.79 Å². The van der Waals surface area contributed by atoms with Gasteiger partial charge in [0.2, 0.25) is 0 Å². The minimum atomic E-state index is -0.0865. The number of anilines is 1. The standard InChI is InChI=1S/C16H20N2O2/c1-3-20-16(19)13-6-8-18(9-7-13)15-5-4-12(2)10-14(15)11-17/h4-5,10,13H,3,6-9H2,1-2H3. The maximum Gasteiger partial charge on any atom is 0.309 e. The summed E-state index contributed by atoms with van der Waals surface area (Å²) in [7, 11) is 0. The zero-order chi connectivity index (χ0) is 14.5. The highest BCUT2D eigenvalue weighted by Gasteiger charge is 2.26. The number of aryl methyl sites for hydroxylation is 1. The van der Waals surface area contributed by atoms with Crippen LogP contribution < -0.4 is 4.90 Å². The molecule has 20 heavy (non-hydrogen) atoms. The molecule has 1 saturated heterocycles. The van der Waals surface area contributed by atoms with E-state index in [9.17, 15) is 10.1 Å². The van der Waals surface area contributed by atoms with Crippen molar-refractivity contribution in [2.75, 3.05) is 24.6 Å². The Labute approximate surface area is 120 Å². The van der Waals surface area contributed by atoms with Crippen molar-refractivity contribution in [3.63, 3.8) is 0 Å². The van der Waals surface area contributed by atoms with Gasteiger partial charge in [-0.15, -0.1) is 0 Å². The fraction of sp³-hybridized carbons (Fsp3) is 0.500. The number of rotatable bonds is 3. The SMILES string of the molecule is CCOC(=O)C1CCN(c2ccc(C)cc2C#N)CC1. The smallest absolute Gasteiger partial charge is 0.309 e. The van der Waals surface area contributed by atoms with Gasteiger partial charge >= 0.3 is 5.97 Å². The van der Waals surface area contributed by atoms with Gasteiger partial charge in [0, 0.05) is 13.1 Å². The summed E-state index contributed by atoms with van der Waals surface area (Å²) in [4.78, 5) is 13.9. The van der Waals surface area contributed by atoms with Gasteiger partial charge in [0.1, 0.15) is 6.07 Å². The molecular formula is C16H20N2O2. The van der Waals surface area contributed by atoms with Crippen molar-refractivity contribution in [1.82, 2.24) is 0 Å². The molecule has 0 aromatic heterocycles. The molecule has 0 N–H and O–H groups in total.